The number of nitrogens with zero attached hydrogens (tertiary/aromatic N) is 2. The van der Waals surface area contributed by atoms with Gasteiger partial charge in [0, 0.05) is 25.9 Å². The summed E-state index contributed by atoms with van der Waals surface area (Å²) in [7, 11) is 1.54. The minimum atomic E-state index is -0.320. The molecular weight excluding hydrogens is 278 g/mol. The van der Waals surface area contributed by atoms with Gasteiger partial charge in [0.05, 0.1) is 19.8 Å². The molecule has 1 aromatic heterocycles. The van der Waals surface area contributed by atoms with E-state index in [4.69, 9.17) is 14.2 Å². The number of hydrogen-bond acceptors (Lipinski definition) is 6. The Morgan fingerprint density at radius 1 is 1.43 bits per heavy atom. The van der Waals surface area contributed by atoms with Crippen molar-refractivity contribution in [3.8, 4) is 5.75 Å². The predicted molar refractivity (Wildman–Crippen MR) is 73.1 cm³/mol. The van der Waals surface area contributed by atoms with Crippen molar-refractivity contribution in [2.24, 2.45) is 0 Å². The summed E-state index contributed by atoms with van der Waals surface area (Å²) in [5.74, 6) is -0.177. The first-order chi connectivity index (χ1) is 10.2. The van der Waals surface area contributed by atoms with E-state index >= 15 is 0 Å². The lowest BCUT2D eigenvalue weighted by atomic mass is 10.2. The number of methoxy groups -OCH3 is 1. The molecule has 1 N–H and O–H groups in total. The molecule has 0 aromatic carbocycles. The van der Waals surface area contributed by atoms with Gasteiger partial charge in [-0.15, -0.1) is 0 Å². The molecule has 2 aliphatic heterocycles. The number of fused-ring (bicyclic) bond motifs is 2. The average Bonchev–Trinajstić information content (AvgIpc) is 2.50. The largest absolute Gasteiger partial charge is 0.485 e. The zero-order valence-corrected chi connectivity index (χ0v) is 11.7. The molecule has 21 heavy (non-hydrogen) atoms. The van der Waals surface area contributed by atoms with Crippen LogP contribution in [0.25, 0.3) is 0 Å². The summed E-state index contributed by atoms with van der Waals surface area (Å²) < 4.78 is 17.2. The standard InChI is InChI=1S/C13H17N3O5/c1-19-6-7-21-12-9(17)2-3-16-11(12)13(18)15-4-5-20-8-10(15)14-16/h2-3,10,14H,4-8H2,1H3. The number of ether oxygens (including phenoxy) is 3. The Bertz CT molecular complexity index is 600. The van der Waals surface area contributed by atoms with Crippen molar-refractivity contribution in [1.29, 1.82) is 0 Å². The summed E-state index contributed by atoms with van der Waals surface area (Å²) in [6.07, 6.45) is 1.30. The molecule has 114 valence electrons. The summed E-state index contributed by atoms with van der Waals surface area (Å²) in [4.78, 5) is 26.3. The second-order valence-corrected chi connectivity index (χ2v) is 4.79. The molecule has 1 amide bonds. The quantitative estimate of drug-likeness (QED) is 0.735. The molecule has 0 radical (unpaired) electrons. The van der Waals surface area contributed by atoms with Crippen LogP contribution >= 0.6 is 0 Å². The number of carbonyl (C=O) groups is 1. The second kappa shape index (κ2) is 5.74. The van der Waals surface area contributed by atoms with Crippen molar-refractivity contribution in [2.45, 2.75) is 6.17 Å². The molecule has 8 heteroatoms. The van der Waals surface area contributed by atoms with Gasteiger partial charge in [-0.2, -0.15) is 0 Å². The van der Waals surface area contributed by atoms with Crippen LogP contribution in [-0.4, -0.2) is 61.7 Å². The maximum absolute atomic E-state index is 12.6. The van der Waals surface area contributed by atoms with Gasteiger partial charge in [-0.1, -0.05) is 0 Å². The Hall–Kier alpha value is -2.06. The highest BCUT2D eigenvalue weighted by Crippen LogP contribution is 2.22. The Labute approximate surface area is 121 Å². The Balaban J connectivity index is 1.96. The van der Waals surface area contributed by atoms with Gasteiger partial charge in [-0.05, 0) is 0 Å². The molecule has 8 nitrogen and oxygen atoms in total. The van der Waals surface area contributed by atoms with Crippen LogP contribution in [0.4, 0.5) is 0 Å². The Kier molecular flexibility index (Phi) is 3.80. The maximum atomic E-state index is 12.6. The number of nitrogens with one attached hydrogen (secondary N) is 1. The molecule has 0 aliphatic carbocycles. The lowest BCUT2D eigenvalue weighted by molar-refractivity contribution is -0.00331. The van der Waals surface area contributed by atoms with Crippen molar-refractivity contribution in [3.05, 3.63) is 28.2 Å². The molecular formula is C13H17N3O5. The van der Waals surface area contributed by atoms with E-state index in [2.05, 4.69) is 5.43 Å². The highest BCUT2D eigenvalue weighted by Gasteiger charge is 2.36. The van der Waals surface area contributed by atoms with E-state index in [-0.39, 0.29) is 35.6 Å². The van der Waals surface area contributed by atoms with E-state index in [1.165, 1.54) is 16.9 Å². The minimum Gasteiger partial charge on any atom is -0.485 e. The van der Waals surface area contributed by atoms with E-state index < -0.39 is 0 Å². The Morgan fingerprint density at radius 2 is 2.29 bits per heavy atom. The number of amides is 1. The van der Waals surface area contributed by atoms with Gasteiger partial charge in [0.25, 0.3) is 5.91 Å². The highest BCUT2D eigenvalue weighted by atomic mass is 16.5. The third kappa shape index (κ3) is 2.47. The summed E-state index contributed by atoms with van der Waals surface area (Å²) >= 11 is 0. The van der Waals surface area contributed by atoms with Crippen LogP contribution in [0.3, 0.4) is 0 Å². The van der Waals surface area contributed by atoms with Gasteiger partial charge in [-0.25, -0.2) is 0 Å². The molecule has 0 spiro atoms. The van der Waals surface area contributed by atoms with Crippen molar-refractivity contribution in [3.63, 3.8) is 0 Å². The Morgan fingerprint density at radius 3 is 3.10 bits per heavy atom. The lowest BCUT2D eigenvalue weighted by Crippen LogP contribution is -2.59. The van der Waals surface area contributed by atoms with Crippen molar-refractivity contribution in [2.75, 3.05) is 45.5 Å². The normalized spacial score (nSPS) is 20.5. The number of hydrogen-bond donors (Lipinski definition) is 1. The van der Waals surface area contributed by atoms with Crippen LogP contribution in [0, 0.1) is 0 Å². The van der Waals surface area contributed by atoms with E-state index in [0.717, 1.165) is 0 Å². The third-order valence-electron chi connectivity index (χ3n) is 3.47. The van der Waals surface area contributed by atoms with E-state index in [1.54, 1.807) is 12.0 Å². The van der Waals surface area contributed by atoms with E-state index in [9.17, 15) is 9.59 Å². The topological polar surface area (TPSA) is 82.0 Å². The van der Waals surface area contributed by atoms with Gasteiger partial charge in [0.1, 0.15) is 12.8 Å². The maximum Gasteiger partial charge on any atom is 0.278 e. The molecule has 1 aromatic rings. The highest BCUT2D eigenvalue weighted by molar-refractivity contribution is 5.96. The fraction of sp³-hybridized carbons (Fsp3) is 0.538. The smallest absolute Gasteiger partial charge is 0.278 e. The number of carbonyl (C=O) groups excluding carboxylic acids is 1. The predicted octanol–water partition coefficient (Wildman–Crippen LogP) is -0.771. The molecule has 2 aliphatic rings. The van der Waals surface area contributed by atoms with Crippen LogP contribution in [0.15, 0.2) is 17.1 Å². The first-order valence-corrected chi connectivity index (χ1v) is 6.75. The zero-order valence-electron chi connectivity index (χ0n) is 11.7. The first kappa shape index (κ1) is 13.9. The summed E-state index contributed by atoms with van der Waals surface area (Å²) in [5, 5.41) is 0. The second-order valence-electron chi connectivity index (χ2n) is 4.79. The van der Waals surface area contributed by atoms with E-state index in [0.29, 0.717) is 26.4 Å². The molecule has 0 saturated carbocycles. The molecule has 3 rings (SSSR count). The lowest BCUT2D eigenvalue weighted by Gasteiger charge is -2.41. The van der Waals surface area contributed by atoms with Crippen molar-refractivity contribution in [1.82, 2.24) is 9.58 Å². The summed E-state index contributed by atoms with van der Waals surface area (Å²) in [6.45, 7) is 1.94. The number of pyridine rings is 1. The SMILES string of the molecule is COCCOc1c2n(ccc1=O)NC1COCCN1C2=O. The van der Waals surface area contributed by atoms with E-state index in [1.807, 2.05) is 0 Å². The summed E-state index contributed by atoms with van der Waals surface area (Å²) in [5.41, 5.74) is 3.03. The molecule has 1 atom stereocenters. The first-order valence-electron chi connectivity index (χ1n) is 6.75. The number of aromatic nitrogens is 1. The molecule has 1 fully saturated rings. The molecule has 1 saturated heterocycles. The van der Waals surface area contributed by atoms with Crippen LogP contribution < -0.4 is 15.6 Å². The van der Waals surface area contributed by atoms with Crippen LogP contribution in [0.2, 0.25) is 0 Å². The van der Waals surface area contributed by atoms with Gasteiger partial charge >= 0.3 is 0 Å². The van der Waals surface area contributed by atoms with Crippen molar-refractivity contribution >= 4 is 5.91 Å². The molecule has 0 bridgehead atoms. The van der Waals surface area contributed by atoms with Crippen LogP contribution in [-0.2, 0) is 9.47 Å². The van der Waals surface area contributed by atoms with Gasteiger partial charge in [0.15, 0.2) is 11.4 Å². The van der Waals surface area contributed by atoms with Gasteiger partial charge in [0.2, 0.25) is 5.43 Å². The zero-order chi connectivity index (χ0) is 14.8. The molecule has 1 unspecified atom stereocenters. The fourth-order valence-electron chi connectivity index (χ4n) is 2.44. The van der Waals surface area contributed by atoms with Gasteiger partial charge < -0.3 is 24.5 Å². The third-order valence-corrected chi connectivity index (χ3v) is 3.47. The number of rotatable bonds is 4. The summed E-state index contributed by atoms with van der Waals surface area (Å²) in [6, 6.07) is 1.37. The monoisotopic (exact) mass is 295 g/mol. The molecule has 3 heterocycles. The van der Waals surface area contributed by atoms with Crippen LogP contribution in [0.1, 0.15) is 10.5 Å². The van der Waals surface area contributed by atoms with Crippen LogP contribution in [0.5, 0.6) is 5.75 Å². The number of morpholine rings is 1. The van der Waals surface area contributed by atoms with Gasteiger partial charge in [-0.3, -0.25) is 14.3 Å². The average molecular weight is 295 g/mol. The van der Waals surface area contributed by atoms with Crippen molar-refractivity contribution < 1.29 is 19.0 Å². The minimum absolute atomic E-state index is 0.0528. The fourth-order valence-corrected chi connectivity index (χ4v) is 2.44.